The van der Waals surface area contributed by atoms with Gasteiger partial charge in [0.2, 0.25) is 0 Å². The largest absolute Gasteiger partial charge is 0.324 e. The smallest absolute Gasteiger partial charge is 0.0300 e. The molecule has 1 nitrogen and oxygen atoms in total. The summed E-state index contributed by atoms with van der Waals surface area (Å²) in [4.78, 5) is 0. The van der Waals surface area contributed by atoms with Crippen LogP contribution in [0.2, 0.25) is 0 Å². The van der Waals surface area contributed by atoms with Gasteiger partial charge in [-0.05, 0) is 28.9 Å². The van der Waals surface area contributed by atoms with E-state index in [1.54, 1.807) is 0 Å². The van der Waals surface area contributed by atoms with E-state index in [9.17, 15) is 0 Å². The second-order valence-corrected chi connectivity index (χ2v) is 6.12. The number of hydrogen-bond donors (Lipinski definition) is 1. The highest BCUT2D eigenvalue weighted by Crippen LogP contribution is 2.38. The molecule has 1 fully saturated rings. The standard InChI is InChI=1S/C15H23N/c1-15(2,3)13-7-5-4-6-12(13)14(16)10-11-8-9-11/h4-7,11,14H,8-10,16H2,1-3H3. The molecule has 1 aliphatic carbocycles. The quantitative estimate of drug-likeness (QED) is 0.819. The predicted octanol–water partition coefficient (Wildman–Crippen LogP) is 3.78. The molecule has 0 spiro atoms. The summed E-state index contributed by atoms with van der Waals surface area (Å²) in [5.41, 5.74) is 9.28. The summed E-state index contributed by atoms with van der Waals surface area (Å²) in [6, 6.07) is 8.88. The van der Waals surface area contributed by atoms with E-state index in [0.717, 1.165) is 12.3 Å². The Morgan fingerprint density at radius 1 is 1.25 bits per heavy atom. The van der Waals surface area contributed by atoms with Crippen LogP contribution < -0.4 is 5.73 Å². The number of benzene rings is 1. The van der Waals surface area contributed by atoms with Crippen LogP contribution in [0.5, 0.6) is 0 Å². The molecule has 0 aromatic heterocycles. The highest BCUT2D eigenvalue weighted by atomic mass is 14.6. The van der Waals surface area contributed by atoms with Crippen molar-refractivity contribution in [2.45, 2.75) is 51.5 Å². The van der Waals surface area contributed by atoms with Gasteiger partial charge in [-0.1, -0.05) is 57.9 Å². The van der Waals surface area contributed by atoms with Gasteiger partial charge in [0, 0.05) is 6.04 Å². The summed E-state index contributed by atoms with van der Waals surface area (Å²) in [6.07, 6.45) is 3.92. The van der Waals surface area contributed by atoms with Crippen molar-refractivity contribution in [2.24, 2.45) is 11.7 Å². The summed E-state index contributed by atoms with van der Waals surface area (Å²) >= 11 is 0. The third-order valence-corrected chi connectivity index (χ3v) is 3.45. The Hall–Kier alpha value is -0.820. The lowest BCUT2D eigenvalue weighted by Crippen LogP contribution is -2.20. The first kappa shape index (κ1) is 11.7. The van der Waals surface area contributed by atoms with Gasteiger partial charge in [0.15, 0.2) is 0 Å². The molecule has 0 bridgehead atoms. The van der Waals surface area contributed by atoms with Crippen molar-refractivity contribution in [1.82, 2.24) is 0 Å². The minimum atomic E-state index is 0.192. The Morgan fingerprint density at radius 3 is 2.44 bits per heavy atom. The molecule has 16 heavy (non-hydrogen) atoms. The molecule has 88 valence electrons. The third-order valence-electron chi connectivity index (χ3n) is 3.45. The molecule has 0 heterocycles. The van der Waals surface area contributed by atoms with Gasteiger partial charge in [-0.2, -0.15) is 0 Å². The van der Waals surface area contributed by atoms with Gasteiger partial charge in [0.05, 0.1) is 0 Å². The second kappa shape index (κ2) is 4.21. The molecular weight excluding hydrogens is 194 g/mol. The van der Waals surface area contributed by atoms with Crippen LogP contribution in [0.15, 0.2) is 24.3 Å². The van der Waals surface area contributed by atoms with Gasteiger partial charge in [-0.3, -0.25) is 0 Å². The normalized spacial score (nSPS) is 18.5. The fraction of sp³-hybridized carbons (Fsp3) is 0.600. The topological polar surface area (TPSA) is 26.0 Å². The summed E-state index contributed by atoms with van der Waals surface area (Å²) in [6.45, 7) is 6.78. The minimum Gasteiger partial charge on any atom is -0.324 e. The van der Waals surface area contributed by atoms with Crippen LogP contribution in [0.4, 0.5) is 0 Å². The Kier molecular flexibility index (Phi) is 3.07. The molecule has 1 unspecified atom stereocenters. The van der Waals surface area contributed by atoms with Crippen molar-refractivity contribution in [3.8, 4) is 0 Å². The lowest BCUT2D eigenvalue weighted by atomic mass is 9.81. The van der Waals surface area contributed by atoms with Crippen LogP contribution in [0.25, 0.3) is 0 Å². The van der Waals surface area contributed by atoms with Crippen LogP contribution in [0.3, 0.4) is 0 Å². The van der Waals surface area contributed by atoms with E-state index in [1.807, 2.05) is 0 Å². The van der Waals surface area contributed by atoms with Crippen molar-refractivity contribution in [1.29, 1.82) is 0 Å². The van der Waals surface area contributed by atoms with E-state index in [0.29, 0.717) is 0 Å². The zero-order valence-electron chi connectivity index (χ0n) is 10.7. The fourth-order valence-electron chi connectivity index (χ4n) is 2.34. The molecule has 0 aliphatic heterocycles. The van der Waals surface area contributed by atoms with Crippen LogP contribution in [-0.4, -0.2) is 0 Å². The molecule has 1 aliphatic rings. The molecule has 1 saturated carbocycles. The minimum absolute atomic E-state index is 0.192. The first-order chi connectivity index (χ1) is 7.48. The Labute approximate surface area is 99.0 Å². The van der Waals surface area contributed by atoms with E-state index >= 15 is 0 Å². The number of nitrogens with two attached hydrogens (primary N) is 1. The van der Waals surface area contributed by atoms with Gasteiger partial charge >= 0.3 is 0 Å². The monoisotopic (exact) mass is 217 g/mol. The maximum atomic E-state index is 6.33. The third kappa shape index (κ3) is 2.65. The maximum Gasteiger partial charge on any atom is 0.0300 e. The Morgan fingerprint density at radius 2 is 1.88 bits per heavy atom. The van der Waals surface area contributed by atoms with Crippen LogP contribution in [0, 0.1) is 5.92 Å². The SMILES string of the molecule is CC(C)(C)c1ccccc1C(N)CC1CC1. The van der Waals surface area contributed by atoms with Crippen molar-refractivity contribution < 1.29 is 0 Å². The van der Waals surface area contributed by atoms with E-state index in [4.69, 9.17) is 5.73 Å². The van der Waals surface area contributed by atoms with Gasteiger partial charge in [0.25, 0.3) is 0 Å². The molecule has 1 heteroatoms. The van der Waals surface area contributed by atoms with Crippen molar-refractivity contribution in [3.05, 3.63) is 35.4 Å². The molecule has 1 atom stereocenters. The van der Waals surface area contributed by atoms with Crippen molar-refractivity contribution >= 4 is 0 Å². The average molecular weight is 217 g/mol. The van der Waals surface area contributed by atoms with Crippen molar-refractivity contribution in [2.75, 3.05) is 0 Å². The fourth-order valence-corrected chi connectivity index (χ4v) is 2.34. The summed E-state index contributed by atoms with van der Waals surface area (Å²) in [7, 11) is 0. The van der Waals surface area contributed by atoms with E-state index < -0.39 is 0 Å². The number of hydrogen-bond acceptors (Lipinski definition) is 1. The van der Waals surface area contributed by atoms with E-state index in [2.05, 4.69) is 45.0 Å². The molecule has 2 rings (SSSR count). The van der Waals surface area contributed by atoms with Gasteiger partial charge < -0.3 is 5.73 Å². The Bertz CT molecular complexity index is 358. The first-order valence-corrected chi connectivity index (χ1v) is 6.33. The zero-order chi connectivity index (χ0) is 11.8. The van der Waals surface area contributed by atoms with Crippen LogP contribution in [-0.2, 0) is 5.41 Å². The Balaban J connectivity index is 2.24. The molecule has 1 aromatic rings. The molecule has 2 N–H and O–H groups in total. The maximum absolute atomic E-state index is 6.33. The second-order valence-electron chi connectivity index (χ2n) is 6.12. The highest BCUT2D eigenvalue weighted by Gasteiger charge is 2.27. The molecule has 0 amide bonds. The first-order valence-electron chi connectivity index (χ1n) is 6.33. The highest BCUT2D eigenvalue weighted by molar-refractivity contribution is 5.35. The van der Waals surface area contributed by atoms with Crippen molar-refractivity contribution in [3.63, 3.8) is 0 Å². The summed E-state index contributed by atoms with van der Waals surface area (Å²) < 4.78 is 0. The lowest BCUT2D eigenvalue weighted by Gasteiger charge is -2.25. The zero-order valence-corrected chi connectivity index (χ0v) is 10.7. The molecule has 0 saturated heterocycles. The molecule has 0 radical (unpaired) electrons. The lowest BCUT2D eigenvalue weighted by molar-refractivity contribution is 0.545. The van der Waals surface area contributed by atoms with Gasteiger partial charge in [-0.25, -0.2) is 0 Å². The van der Waals surface area contributed by atoms with Crippen LogP contribution >= 0.6 is 0 Å². The summed E-state index contributed by atoms with van der Waals surface area (Å²) in [5.74, 6) is 0.892. The van der Waals surface area contributed by atoms with E-state index in [1.165, 1.54) is 24.0 Å². The summed E-state index contributed by atoms with van der Waals surface area (Å²) in [5, 5.41) is 0. The van der Waals surface area contributed by atoms with Crippen LogP contribution in [0.1, 0.15) is 57.2 Å². The molecular formula is C15H23N. The number of rotatable bonds is 3. The molecule has 1 aromatic carbocycles. The van der Waals surface area contributed by atoms with Gasteiger partial charge in [-0.15, -0.1) is 0 Å². The average Bonchev–Trinajstić information content (AvgIpc) is 3.00. The van der Waals surface area contributed by atoms with E-state index in [-0.39, 0.29) is 11.5 Å². The predicted molar refractivity (Wildman–Crippen MR) is 69.4 cm³/mol. The van der Waals surface area contributed by atoms with Gasteiger partial charge in [0.1, 0.15) is 0 Å².